The first-order chi connectivity index (χ1) is 6.63. The zero-order valence-electron chi connectivity index (χ0n) is 7.51. The molecule has 74 valence electrons. The van der Waals surface area contributed by atoms with Crippen LogP contribution in [0.5, 0.6) is 0 Å². The van der Waals surface area contributed by atoms with Crippen LogP contribution in [0.2, 0.25) is 0 Å². The Bertz CT molecular complexity index is 378. The maximum absolute atomic E-state index is 9.55. The summed E-state index contributed by atoms with van der Waals surface area (Å²) in [4.78, 5) is 0. The molecule has 0 aliphatic heterocycles. The van der Waals surface area contributed by atoms with Gasteiger partial charge in [0.25, 0.3) is 0 Å². The fourth-order valence-corrected chi connectivity index (χ4v) is 1.74. The van der Waals surface area contributed by atoms with Gasteiger partial charge in [-0.05, 0) is 5.56 Å². The van der Waals surface area contributed by atoms with Gasteiger partial charge in [-0.2, -0.15) is 0 Å². The lowest BCUT2D eigenvalue weighted by atomic mass is 9.83. The Labute approximate surface area is 81.5 Å². The molecule has 0 heterocycles. The van der Waals surface area contributed by atoms with E-state index in [1.54, 1.807) is 24.3 Å². The molecular weight excluding hydrogens is 180 g/mol. The summed E-state index contributed by atoms with van der Waals surface area (Å²) >= 11 is 0. The first kappa shape index (κ1) is 9.33. The highest BCUT2D eigenvalue weighted by atomic mass is 16.3. The fraction of sp³-hybridized carbons (Fsp3) is 0.300. The van der Waals surface area contributed by atoms with E-state index in [1.165, 1.54) is 0 Å². The van der Waals surface area contributed by atoms with Gasteiger partial charge >= 0.3 is 0 Å². The SMILES string of the molecule is N=C1c2ccccc2C(N)C(O)C1O. The van der Waals surface area contributed by atoms with Crippen molar-refractivity contribution in [3.05, 3.63) is 35.4 Å². The summed E-state index contributed by atoms with van der Waals surface area (Å²) in [5.74, 6) is 0. The molecule has 1 aromatic carbocycles. The third-order valence-corrected chi connectivity index (χ3v) is 2.60. The number of hydrogen-bond donors (Lipinski definition) is 4. The molecule has 0 aromatic heterocycles. The van der Waals surface area contributed by atoms with Crippen LogP contribution in [0, 0.1) is 5.41 Å². The second-order valence-electron chi connectivity index (χ2n) is 3.46. The molecule has 4 heteroatoms. The van der Waals surface area contributed by atoms with Gasteiger partial charge in [-0.1, -0.05) is 24.3 Å². The second kappa shape index (κ2) is 3.16. The van der Waals surface area contributed by atoms with Gasteiger partial charge in [0.05, 0.1) is 11.8 Å². The number of aliphatic hydroxyl groups is 2. The van der Waals surface area contributed by atoms with Crippen molar-refractivity contribution < 1.29 is 10.2 Å². The van der Waals surface area contributed by atoms with E-state index in [1.807, 2.05) is 0 Å². The Morgan fingerprint density at radius 1 is 1.21 bits per heavy atom. The number of fused-ring (bicyclic) bond motifs is 1. The number of nitrogens with two attached hydrogens (primary N) is 1. The number of rotatable bonds is 0. The minimum atomic E-state index is -1.18. The van der Waals surface area contributed by atoms with Crippen LogP contribution in [0.1, 0.15) is 17.2 Å². The Balaban J connectivity index is 2.56. The summed E-state index contributed by atoms with van der Waals surface area (Å²) in [7, 11) is 0. The van der Waals surface area contributed by atoms with Crippen molar-refractivity contribution >= 4 is 5.71 Å². The van der Waals surface area contributed by atoms with Gasteiger partial charge in [-0.15, -0.1) is 0 Å². The fourth-order valence-electron chi connectivity index (χ4n) is 1.74. The van der Waals surface area contributed by atoms with Crippen molar-refractivity contribution in [1.82, 2.24) is 0 Å². The van der Waals surface area contributed by atoms with Gasteiger partial charge in [0.2, 0.25) is 0 Å². The first-order valence-electron chi connectivity index (χ1n) is 4.42. The molecule has 5 N–H and O–H groups in total. The standard InChI is InChI=1S/C10H12N2O2/c11-7-5-3-1-2-4-6(5)8(12)10(14)9(7)13/h1-4,7,9-10,12-14H,11H2. The minimum Gasteiger partial charge on any atom is -0.388 e. The van der Waals surface area contributed by atoms with Gasteiger partial charge in [0.15, 0.2) is 0 Å². The molecule has 0 spiro atoms. The quantitative estimate of drug-likeness (QED) is 0.458. The summed E-state index contributed by atoms with van der Waals surface area (Å²) in [5.41, 5.74) is 7.11. The maximum Gasteiger partial charge on any atom is 0.123 e. The normalized spacial score (nSPS) is 31.4. The van der Waals surface area contributed by atoms with E-state index in [-0.39, 0.29) is 5.71 Å². The van der Waals surface area contributed by atoms with Gasteiger partial charge < -0.3 is 21.4 Å². The zero-order chi connectivity index (χ0) is 10.3. The lowest BCUT2D eigenvalue weighted by Crippen LogP contribution is -2.46. The van der Waals surface area contributed by atoms with Crippen molar-refractivity contribution in [2.24, 2.45) is 5.73 Å². The molecule has 0 saturated heterocycles. The van der Waals surface area contributed by atoms with Crippen molar-refractivity contribution in [2.75, 3.05) is 0 Å². The molecule has 3 atom stereocenters. The summed E-state index contributed by atoms with van der Waals surface area (Å²) in [6.07, 6.45) is -2.27. The summed E-state index contributed by atoms with van der Waals surface area (Å²) in [6.45, 7) is 0. The van der Waals surface area contributed by atoms with Crippen LogP contribution in [-0.2, 0) is 0 Å². The van der Waals surface area contributed by atoms with Crippen LogP contribution in [-0.4, -0.2) is 28.1 Å². The Morgan fingerprint density at radius 2 is 1.86 bits per heavy atom. The maximum atomic E-state index is 9.55. The highest BCUT2D eigenvalue weighted by Crippen LogP contribution is 2.28. The zero-order valence-corrected chi connectivity index (χ0v) is 7.51. The van der Waals surface area contributed by atoms with E-state index in [0.29, 0.717) is 5.56 Å². The molecule has 0 bridgehead atoms. The Morgan fingerprint density at radius 3 is 2.57 bits per heavy atom. The molecule has 14 heavy (non-hydrogen) atoms. The predicted molar refractivity (Wildman–Crippen MR) is 52.2 cm³/mol. The smallest absolute Gasteiger partial charge is 0.123 e. The Hall–Kier alpha value is -1.23. The van der Waals surface area contributed by atoms with Crippen molar-refractivity contribution in [3.63, 3.8) is 0 Å². The molecule has 0 fully saturated rings. The third-order valence-electron chi connectivity index (χ3n) is 2.60. The number of benzene rings is 1. The van der Waals surface area contributed by atoms with Crippen molar-refractivity contribution in [3.8, 4) is 0 Å². The molecule has 0 radical (unpaired) electrons. The summed E-state index contributed by atoms with van der Waals surface area (Å²) < 4.78 is 0. The molecule has 1 aliphatic carbocycles. The average Bonchev–Trinajstić information content (AvgIpc) is 2.23. The molecule has 1 aromatic rings. The predicted octanol–water partition coefficient (Wildman–Crippen LogP) is -0.210. The summed E-state index contributed by atoms with van der Waals surface area (Å²) in [6, 6.07) is 6.47. The van der Waals surface area contributed by atoms with Crippen LogP contribution >= 0.6 is 0 Å². The lowest BCUT2D eigenvalue weighted by molar-refractivity contribution is 0.0378. The number of hydrogen-bond acceptors (Lipinski definition) is 4. The lowest BCUT2D eigenvalue weighted by Gasteiger charge is -2.31. The Kier molecular flexibility index (Phi) is 2.11. The molecule has 0 amide bonds. The second-order valence-corrected chi connectivity index (χ2v) is 3.46. The number of aliphatic hydroxyl groups excluding tert-OH is 2. The third kappa shape index (κ3) is 1.16. The van der Waals surface area contributed by atoms with Gasteiger partial charge in [-0.25, -0.2) is 0 Å². The molecule has 1 aliphatic rings. The van der Waals surface area contributed by atoms with Crippen LogP contribution in [0.3, 0.4) is 0 Å². The first-order valence-corrected chi connectivity index (χ1v) is 4.42. The van der Waals surface area contributed by atoms with Gasteiger partial charge in [-0.3, -0.25) is 0 Å². The highest BCUT2D eigenvalue weighted by Gasteiger charge is 2.35. The summed E-state index contributed by atoms with van der Waals surface area (Å²) in [5, 5.41) is 26.7. The van der Waals surface area contributed by atoms with Crippen molar-refractivity contribution in [2.45, 2.75) is 18.2 Å². The molecule has 4 nitrogen and oxygen atoms in total. The van der Waals surface area contributed by atoms with Crippen LogP contribution in [0.4, 0.5) is 0 Å². The van der Waals surface area contributed by atoms with Crippen LogP contribution in [0.25, 0.3) is 0 Å². The highest BCUT2D eigenvalue weighted by molar-refractivity contribution is 6.04. The van der Waals surface area contributed by atoms with Gasteiger partial charge in [0, 0.05) is 5.56 Å². The topological polar surface area (TPSA) is 90.3 Å². The largest absolute Gasteiger partial charge is 0.388 e. The average molecular weight is 192 g/mol. The van der Waals surface area contributed by atoms with Crippen LogP contribution < -0.4 is 5.73 Å². The van der Waals surface area contributed by atoms with Crippen LogP contribution in [0.15, 0.2) is 24.3 Å². The van der Waals surface area contributed by atoms with E-state index in [4.69, 9.17) is 11.1 Å². The molecule has 0 saturated carbocycles. The number of nitrogens with one attached hydrogen (secondary N) is 1. The van der Waals surface area contributed by atoms with E-state index in [0.717, 1.165) is 5.56 Å². The monoisotopic (exact) mass is 192 g/mol. The van der Waals surface area contributed by atoms with Crippen molar-refractivity contribution in [1.29, 1.82) is 5.41 Å². The van der Waals surface area contributed by atoms with E-state index >= 15 is 0 Å². The minimum absolute atomic E-state index is 0.0369. The molecular formula is C10H12N2O2. The molecule has 2 rings (SSSR count). The van der Waals surface area contributed by atoms with E-state index < -0.39 is 18.2 Å². The van der Waals surface area contributed by atoms with E-state index in [2.05, 4.69) is 0 Å². The molecule has 3 unspecified atom stereocenters. The van der Waals surface area contributed by atoms with E-state index in [9.17, 15) is 10.2 Å². The van der Waals surface area contributed by atoms with Gasteiger partial charge in [0.1, 0.15) is 12.2 Å².